The van der Waals surface area contributed by atoms with Crippen molar-refractivity contribution >= 4 is 11.9 Å². The van der Waals surface area contributed by atoms with Crippen LogP contribution in [0.3, 0.4) is 0 Å². The number of carbonyl (C=O) groups is 2. The average molecular weight is 235 g/mol. The summed E-state index contributed by atoms with van der Waals surface area (Å²) in [6, 6.07) is 7.79. The third-order valence-corrected chi connectivity index (χ3v) is 2.58. The predicted molar refractivity (Wildman–Crippen MR) is 64.8 cm³/mol. The standard InChI is InChI=1S/C13H17NO3/c1-3-10-4-6-11(7-5-10)8-12(15)14(2)9-13(16)17/h4-7H,3,8-9H2,1-2H3,(H,16,17). The van der Waals surface area contributed by atoms with Crippen LogP contribution in [0.5, 0.6) is 0 Å². The summed E-state index contributed by atoms with van der Waals surface area (Å²) in [5.74, 6) is -1.18. The Balaban J connectivity index is 2.58. The first-order valence-electron chi connectivity index (χ1n) is 5.56. The summed E-state index contributed by atoms with van der Waals surface area (Å²) in [4.78, 5) is 23.3. The highest BCUT2D eigenvalue weighted by atomic mass is 16.4. The van der Waals surface area contributed by atoms with Gasteiger partial charge in [0.15, 0.2) is 0 Å². The van der Waals surface area contributed by atoms with E-state index < -0.39 is 5.97 Å². The Morgan fingerprint density at radius 2 is 1.71 bits per heavy atom. The lowest BCUT2D eigenvalue weighted by molar-refractivity contribution is -0.143. The van der Waals surface area contributed by atoms with Crippen LogP contribution in [0.4, 0.5) is 0 Å². The number of amides is 1. The first-order chi connectivity index (χ1) is 8.02. The fourth-order valence-corrected chi connectivity index (χ4v) is 1.49. The van der Waals surface area contributed by atoms with Gasteiger partial charge in [0.25, 0.3) is 0 Å². The summed E-state index contributed by atoms with van der Waals surface area (Å²) in [5.41, 5.74) is 2.13. The van der Waals surface area contributed by atoms with Crippen LogP contribution in [0, 0.1) is 0 Å². The maximum Gasteiger partial charge on any atom is 0.323 e. The van der Waals surface area contributed by atoms with Gasteiger partial charge < -0.3 is 10.0 Å². The van der Waals surface area contributed by atoms with E-state index in [1.54, 1.807) is 0 Å². The molecular formula is C13H17NO3. The molecule has 1 amide bonds. The van der Waals surface area contributed by atoms with Crippen LogP contribution < -0.4 is 0 Å². The highest BCUT2D eigenvalue weighted by Gasteiger charge is 2.12. The second-order valence-corrected chi connectivity index (χ2v) is 3.99. The van der Waals surface area contributed by atoms with E-state index >= 15 is 0 Å². The van der Waals surface area contributed by atoms with Crippen molar-refractivity contribution in [2.45, 2.75) is 19.8 Å². The zero-order valence-electron chi connectivity index (χ0n) is 10.1. The number of rotatable bonds is 5. The van der Waals surface area contributed by atoms with Crippen molar-refractivity contribution in [1.29, 1.82) is 0 Å². The minimum atomic E-state index is -0.998. The number of nitrogens with zero attached hydrogens (tertiary/aromatic N) is 1. The number of carboxylic acid groups (broad SMARTS) is 1. The molecule has 0 aromatic heterocycles. The van der Waals surface area contributed by atoms with E-state index in [0.29, 0.717) is 0 Å². The van der Waals surface area contributed by atoms with Crippen molar-refractivity contribution in [3.05, 3.63) is 35.4 Å². The largest absolute Gasteiger partial charge is 0.480 e. The van der Waals surface area contributed by atoms with Gasteiger partial charge in [0.1, 0.15) is 6.54 Å². The van der Waals surface area contributed by atoms with Crippen molar-refractivity contribution in [2.75, 3.05) is 13.6 Å². The molecule has 0 fully saturated rings. The summed E-state index contributed by atoms with van der Waals surface area (Å²) in [6.45, 7) is 1.81. The fourth-order valence-electron chi connectivity index (χ4n) is 1.49. The van der Waals surface area contributed by atoms with Crippen molar-refractivity contribution in [1.82, 2.24) is 4.90 Å². The Bertz CT molecular complexity index is 398. The molecule has 0 aliphatic rings. The van der Waals surface area contributed by atoms with Gasteiger partial charge in [-0.2, -0.15) is 0 Å². The summed E-state index contributed by atoms with van der Waals surface area (Å²) < 4.78 is 0. The van der Waals surface area contributed by atoms with Gasteiger partial charge in [0, 0.05) is 7.05 Å². The number of carbonyl (C=O) groups excluding carboxylic acids is 1. The fraction of sp³-hybridized carbons (Fsp3) is 0.385. The minimum absolute atomic E-state index is 0.184. The van der Waals surface area contributed by atoms with E-state index in [1.165, 1.54) is 17.5 Å². The molecule has 1 aromatic carbocycles. The molecule has 0 saturated heterocycles. The smallest absolute Gasteiger partial charge is 0.323 e. The lowest BCUT2D eigenvalue weighted by Gasteiger charge is -2.14. The van der Waals surface area contributed by atoms with Gasteiger partial charge in [0.05, 0.1) is 6.42 Å². The summed E-state index contributed by atoms with van der Waals surface area (Å²) >= 11 is 0. The summed E-state index contributed by atoms with van der Waals surface area (Å²) in [5, 5.41) is 8.57. The monoisotopic (exact) mass is 235 g/mol. The van der Waals surface area contributed by atoms with E-state index in [2.05, 4.69) is 6.92 Å². The lowest BCUT2D eigenvalue weighted by atomic mass is 10.1. The number of aliphatic carboxylic acids is 1. The molecule has 0 radical (unpaired) electrons. The van der Waals surface area contributed by atoms with E-state index in [1.807, 2.05) is 24.3 Å². The van der Waals surface area contributed by atoms with Crippen LogP contribution in [0.1, 0.15) is 18.1 Å². The quantitative estimate of drug-likeness (QED) is 0.837. The SMILES string of the molecule is CCc1ccc(CC(=O)N(C)CC(=O)O)cc1. The summed E-state index contributed by atoms with van der Waals surface area (Å²) in [6.07, 6.45) is 1.21. The number of likely N-dealkylation sites (N-methyl/N-ethyl adjacent to an activating group) is 1. The van der Waals surface area contributed by atoms with E-state index in [9.17, 15) is 9.59 Å². The number of benzene rings is 1. The molecule has 1 N–H and O–H groups in total. The molecule has 0 heterocycles. The molecule has 0 saturated carbocycles. The molecule has 92 valence electrons. The van der Waals surface area contributed by atoms with Crippen LogP contribution in [0.15, 0.2) is 24.3 Å². The Kier molecular flexibility index (Phi) is 4.69. The molecule has 1 aromatic rings. The van der Waals surface area contributed by atoms with Crippen LogP contribution >= 0.6 is 0 Å². The zero-order chi connectivity index (χ0) is 12.8. The van der Waals surface area contributed by atoms with Gasteiger partial charge in [-0.25, -0.2) is 0 Å². The maximum atomic E-state index is 11.7. The summed E-state index contributed by atoms with van der Waals surface area (Å²) in [7, 11) is 1.50. The van der Waals surface area contributed by atoms with Gasteiger partial charge in [0.2, 0.25) is 5.91 Å². The van der Waals surface area contributed by atoms with Crippen molar-refractivity contribution in [2.24, 2.45) is 0 Å². The molecule has 0 bridgehead atoms. The molecule has 0 atom stereocenters. The predicted octanol–water partition coefficient (Wildman–Crippen LogP) is 1.33. The van der Waals surface area contributed by atoms with Gasteiger partial charge in [-0.05, 0) is 17.5 Å². The Morgan fingerprint density at radius 3 is 2.18 bits per heavy atom. The molecule has 0 unspecified atom stereocenters. The van der Waals surface area contributed by atoms with Gasteiger partial charge in [-0.3, -0.25) is 9.59 Å². The van der Waals surface area contributed by atoms with E-state index in [0.717, 1.165) is 12.0 Å². The number of hydrogen-bond donors (Lipinski definition) is 1. The number of hydrogen-bond acceptors (Lipinski definition) is 2. The van der Waals surface area contributed by atoms with Crippen molar-refractivity contribution in [3.63, 3.8) is 0 Å². The van der Waals surface area contributed by atoms with Gasteiger partial charge in [-0.15, -0.1) is 0 Å². The Hall–Kier alpha value is -1.84. The molecule has 0 aliphatic heterocycles. The molecule has 4 nitrogen and oxygen atoms in total. The molecule has 4 heteroatoms. The average Bonchev–Trinajstić information content (AvgIpc) is 2.29. The first-order valence-corrected chi connectivity index (χ1v) is 5.56. The van der Waals surface area contributed by atoms with E-state index in [-0.39, 0.29) is 18.9 Å². The zero-order valence-corrected chi connectivity index (χ0v) is 10.1. The van der Waals surface area contributed by atoms with Crippen LogP contribution in [-0.4, -0.2) is 35.5 Å². The van der Waals surface area contributed by atoms with Crippen LogP contribution in [-0.2, 0) is 22.4 Å². The van der Waals surface area contributed by atoms with Crippen LogP contribution in [0.25, 0.3) is 0 Å². The molecule has 0 aliphatic carbocycles. The third kappa shape index (κ3) is 4.26. The van der Waals surface area contributed by atoms with Crippen molar-refractivity contribution < 1.29 is 14.7 Å². The maximum absolute atomic E-state index is 11.7. The molecular weight excluding hydrogens is 218 g/mol. The number of aryl methyl sites for hydroxylation is 1. The highest BCUT2D eigenvalue weighted by molar-refractivity contribution is 5.82. The lowest BCUT2D eigenvalue weighted by Crippen LogP contribution is -2.33. The van der Waals surface area contributed by atoms with E-state index in [4.69, 9.17) is 5.11 Å². The van der Waals surface area contributed by atoms with Crippen LogP contribution in [0.2, 0.25) is 0 Å². The highest BCUT2D eigenvalue weighted by Crippen LogP contribution is 2.06. The second-order valence-electron chi connectivity index (χ2n) is 3.99. The second kappa shape index (κ2) is 6.03. The van der Waals surface area contributed by atoms with Crippen molar-refractivity contribution in [3.8, 4) is 0 Å². The number of carboxylic acids is 1. The molecule has 1 rings (SSSR count). The first kappa shape index (κ1) is 13.2. The minimum Gasteiger partial charge on any atom is -0.480 e. The molecule has 17 heavy (non-hydrogen) atoms. The Labute approximate surface area is 101 Å². The Morgan fingerprint density at radius 1 is 1.18 bits per heavy atom. The molecule has 0 spiro atoms. The normalized spacial score (nSPS) is 10.0. The topological polar surface area (TPSA) is 57.6 Å². The van der Waals surface area contributed by atoms with Gasteiger partial charge >= 0.3 is 5.97 Å². The van der Waals surface area contributed by atoms with Gasteiger partial charge in [-0.1, -0.05) is 31.2 Å². The third-order valence-electron chi connectivity index (χ3n) is 2.58.